The van der Waals surface area contributed by atoms with Crippen molar-refractivity contribution in [3.63, 3.8) is 0 Å². The highest BCUT2D eigenvalue weighted by molar-refractivity contribution is 5.94. The minimum Gasteiger partial charge on any atom is -0.497 e. The molecule has 9 heteroatoms. The quantitative estimate of drug-likeness (QED) is 0.693. The second-order valence-corrected chi connectivity index (χ2v) is 6.01. The Bertz CT molecular complexity index is 999. The van der Waals surface area contributed by atoms with Gasteiger partial charge < -0.3 is 15.0 Å². The van der Waals surface area contributed by atoms with Crippen molar-refractivity contribution in [1.29, 1.82) is 0 Å². The summed E-state index contributed by atoms with van der Waals surface area (Å²) in [5.41, 5.74) is 7.55. The third-order valence-electron chi connectivity index (χ3n) is 4.11. The van der Waals surface area contributed by atoms with E-state index in [1.807, 2.05) is 24.3 Å². The first-order valence-electron chi connectivity index (χ1n) is 8.25. The number of primary amides is 1. The van der Waals surface area contributed by atoms with Gasteiger partial charge in [0.2, 0.25) is 11.7 Å². The zero-order chi connectivity index (χ0) is 20.3. The molecule has 1 aromatic heterocycles. The fraction of sp³-hybridized carbons (Fsp3) is 0.211. The highest BCUT2D eigenvalue weighted by Gasteiger charge is 2.38. The van der Waals surface area contributed by atoms with Crippen LogP contribution in [0.15, 0.2) is 47.0 Å². The van der Waals surface area contributed by atoms with E-state index in [1.165, 1.54) is 12.1 Å². The van der Waals surface area contributed by atoms with Gasteiger partial charge in [0.15, 0.2) is 0 Å². The molecule has 0 saturated carbocycles. The van der Waals surface area contributed by atoms with Crippen molar-refractivity contribution in [1.82, 2.24) is 10.1 Å². The van der Waals surface area contributed by atoms with Crippen LogP contribution in [-0.2, 0) is 19.0 Å². The number of ether oxygens (including phenoxy) is 1. The van der Waals surface area contributed by atoms with Crippen LogP contribution in [0.3, 0.4) is 0 Å². The van der Waals surface area contributed by atoms with Crippen molar-refractivity contribution >= 4 is 5.91 Å². The van der Waals surface area contributed by atoms with E-state index in [2.05, 4.69) is 14.7 Å². The monoisotopic (exact) mass is 391 g/mol. The van der Waals surface area contributed by atoms with Crippen LogP contribution in [0.25, 0.3) is 11.4 Å². The third-order valence-corrected chi connectivity index (χ3v) is 4.11. The summed E-state index contributed by atoms with van der Waals surface area (Å²) in [5.74, 6) is -1.57. The summed E-state index contributed by atoms with van der Waals surface area (Å²) >= 11 is 0. The molecule has 3 aromatic rings. The highest BCUT2D eigenvalue weighted by atomic mass is 19.4. The molecule has 0 aliphatic heterocycles. The van der Waals surface area contributed by atoms with E-state index >= 15 is 0 Å². The number of halogens is 3. The average molecular weight is 391 g/mol. The summed E-state index contributed by atoms with van der Waals surface area (Å²) in [6.45, 7) is 0. The fourth-order valence-corrected chi connectivity index (χ4v) is 2.74. The van der Waals surface area contributed by atoms with Gasteiger partial charge in [-0.1, -0.05) is 23.4 Å². The lowest BCUT2D eigenvalue weighted by atomic mass is 9.97. The number of rotatable bonds is 6. The number of benzene rings is 2. The Balaban J connectivity index is 1.89. The summed E-state index contributed by atoms with van der Waals surface area (Å²) in [6, 6.07) is 11.9. The zero-order valence-corrected chi connectivity index (χ0v) is 14.8. The molecule has 2 N–H and O–H groups in total. The second kappa shape index (κ2) is 7.71. The topological polar surface area (TPSA) is 91.2 Å². The molecular weight excluding hydrogens is 375 g/mol. The molecule has 0 unspecified atom stereocenters. The SMILES string of the molecule is COc1cccc(CCc2cc(-c3noc(C(F)(F)F)n3)ccc2C(N)=O)c1. The number of aryl methyl sites for hydroxylation is 2. The van der Waals surface area contributed by atoms with E-state index in [0.717, 1.165) is 5.56 Å². The summed E-state index contributed by atoms with van der Waals surface area (Å²) in [5, 5.41) is 3.37. The number of hydrogen-bond donors (Lipinski definition) is 1. The molecular formula is C19H16F3N3O3. The summed E-state index contributed by atoms with van der Waals surface area (Å²) < 4.78 is 47.5. The van der Waals surface area contributed by atoms with Gasteiger partial charge in [-0.3, -0.25) is 4.79 Å². The molecule has 0 atom stereocenters. The smallest absolute Gasteiger partial charge is 0.471 e. The Labute approximate surface area is 158 Å². The molecule has 6 nitrogen and oxygen atoms in total. The minimum absolute atomic E-state index is 0.217. The Morgan fingerprint density at radius 1 is 1.18 bits per heavy atom. The van der Waals surface area contributed by atoms with Crippen LogP contribution in [0.1, 0.15) is 27.4 Å². The van der Waals surface area contributed by atoms with Crippen LogP contribution in [-0.4, -0.2) is 23.2 Å². The van der Waals surface area contributed by atoms with Gasteiger partial charge in [0, 0.05) is 11.1 Å². The fourth-order valence-electron chi connectivity index (χ4n) is 2.74. The molecule has 0 fully saturated rings. The molecule has 0 spiro atoms. The number of nitrogens with zero attached hydrogens (tertiary/aromatic N) is 2. The van der Waals surface area contributed by atoms with E-state index in [9.17, 15) is 18.0 Å². The summed E-state index contributed by atoms with van der Waals surface area (Å²) in [4.78, 5) is 15.1. The molecule has 1 heterocycles. The van der Waals surface area contributed by atoms with Crippen molar-refractivity contribution in [3.8, 4) is 17.1 Å². The lowest BCUT2D eigenvalue weighted by molar-refractivity contribution is -0.159. The molecule has 0 radical (unpaired) electrons. The van der Waals surface area contributed by atoms with Gasteiger partial charge in [0.25, 0.3) is 0 Å². The lowest BCUT2D eigenvalue weighted by Crippen LogP contribution is -2.14. The number of hydrogen-bond acceptors (Lipinski definition) is 5. The Kier molecular flexibility index (Phi) is 5.34. The van der Waals surface area contributed by atoms with Crippen LogP contribution < -0.4 is 10.5 Å². The number of amides is 1. The maximum absolute atomic E-state index is 12.7. The second-order valence-electron chi connectivity index (χ2n) is 6.01. The molecule has 0 bridgehead atoms. The number of aromatic nitrogens is 2. The van der Waals surface area contributed by atoms with Gasteiger partial charge in [-0.2, -0.15) is 18.2 Å². The van der Waals surface area contributed by atoms with Crippen LogP contribution >= 0.6 is 0 Å². The van der Waals surface area contributed by atoms with Gasteiger partial charge in [-0.25, -0.2) is 0 Å². The molecule has 1 amide bonds. The molecule has 146 valence electrons. The molecule has 28 heavy (non-hydrogen) atoms. The number of carbonyl (C=O) groups excluding carboxylic acids is 1. The molecule has 0 saturated heterocycles. The van der Waals surface area contributed by atoms with Gasteiger partial charge in [-0.15, -0.1) is 0 Å². The first-order chi connectivity index (χ1) is 13.3. The van der Waals surface area contributed by atoms with Crippen LogP contribution in [0.2, 0.25) is 0 Å². The van der Waals surface area contributed by atoms with Crippen molar-refractivity contribution in [2.24, 2.45) is 5.73 Å². The Hall–Kier alpha value is -3.36. The van der Waals surface area contributed by atoms with E-state index < -0.39 is 18.0 Å². The average Bonchev–Trinajstić information content (AvgIpc) is 3.17. The summed E-state index contributed by atoms with van der Waals surface area (Å²) in [7, 11) is 1.56. The van der Waals surface area contributed by atoms with Crippen molar-refractivity contribution < 1.29 is 27.2 Å². The number of methoxy groups -OCH3 is 1. The normalized spacial score (nSPS) is 11.4. The maximum Gasteiger partial charge on any atom is 0.471 e. The first kappa shape index (κ1) is 19.4. The lowest BCUT2D eigenvalue weighted by Gasteiger charge is -2.09. The van der Waals surface area contributed by atoms with E-state index in [1.54, 1.807) is 13.2 Å². The predicted molar refractivity (Wildman–Crippen MR) is 93.7 cm³/mol. The third kappa shape index (κ3) is 4.30. The van der Waals surface area contributed by atoms with Gasteiger partial charge >= 0.3 is 12.1 Å². The van der Waals surface area contributed by atoms with Crippen LogP contribution in [0.4, 0.5) is 13.2 Å². The summed E-state index contributed by atoms with van der Waals surface area (Å²) in [6.07, 6.45) is -3.72. The zero-order valence-electron chi connectivity index (χ0n) is 14.8. The van der Waals surface area contributed by atoms with E-state index in [4.69, 9.17) is 10.5 Å². The largest absolute Gasteiger partial charge is 0.497 e. The number of nitrogens with two attached hydrogens (primary N) is 1. The number of carbonyl (C=O) groups is 1. The van der Waals surface area contributed by atoms with Crippen molar-refractivity contribution in [2.45, 2.75) is 19.0 Å². The highest BCUT2D eigenvalue weighted by Crippen LogP contribution is 2.30. The molecule has 3 rings (SSSR count). The Morgan fingerprint density at radius 3 is 2.61 bits per heavy atom. The molecule has 0 aliphatic rings. The maximum atomic E-state index is 12.7. The first-order valence-corrected chi connectivity index (χ1v) is 8.25. The predicted octanol–water partition coefficient (Wildman–Crippen LogP) is 3.65. The molecule has 0 aliphatic carbocycles. The van der Waals surface area contributed by atoms with E-state index in [0.29, 0.717) is 29.7 Å². The van der Waals surface area contributed by atoms with Crippen molar-refractivity contribution in [2.75, 3.05) is 7.11 Å². The standard InChI is InChI=1S/C19H16F3N3O3/c1-27-14-4-2-3-11(9-14)5-6-12-10-13(7-8-15(12)16(23)26)17-24-18(28-25-17)19(20,21)22/h2-4,7-10H,5-6H2,1H3,(H2,23,26). The minimum atomic E-state index is -4.73. The number of alkyl halides is 3. The van der Waals surface area contributed by atoms with Gasteiger partial charge in [0.1, 0.15) is 5.75 Å². The van der Waals surface area contributed by atoms with Gasteiger partial charge in [0.05, 0.1) is 7.11 Å². The van der Waals surface area contributed by atoms with Crippen LogP contribution in [0.5, 0.6) is 5.75 Å². The van der Waals surface area contributed by atoms with Gasteiger partial charge in [-0.05, 0) is 48.2 Å². The van der Waals surface area contributed by atoms with E-state index in [-0.39, 0.29) is 11.4 Å². The molecule has 2 aromatic carbocycles. The Morgan fingerprint density at radius 2 is 1.96 bits per heavy atom. The van der Waals surface area contributed by atoms with Crippen molar-refractivity contribution in [3.05, 3.63) is 65.0 Å². The van der Waals surface area contributed by atoms with Crippen LogP contribution in [0, 0.1) is 0 Å².